The van der Waals surface area contributed by atoms with Crippen LogP contribution in [0.5, 0.6) is 5.88 Å². The molecule has 1 fully saturated rings. The predicted molar refractivity (Wildman–Crippen MR) is 105 cm³/mol. The molecular weight excluding hydrogens is 386 g/mol. The minimum absolute atomic E-state index is 0.143. The summed E-state index contributed by atoms with van der Waals surface area (Å²) in [6, 6.07) is 0.560. The van der Waals surface area contributed by atoms with Gasteiger partial charge in [0.1, 0.15) is 17.3 Å². The zero-order valence-corrected chi connectivity index (χ0v) is 17.2. The fourth-order valence-electron chi connectivity index (χ4n) is 3.91. The molecule has 2 aromatic heterocycles. The number of thiophene rings is 1. The number of fused-ring (bicyclic) bond motifs is 3. The first-order valence-corrected chi connectivity index (χ1v) is 11.5. The van der Waals surface area contributed by atoms with Crippen LogP contribution in [0.2, 0.25) is 0 Å². The molecule has 3 heterocycles. The molecule has 8 nitrogen and oxygen atoms in total. The monoisotopic (exact) mass is 411 g/mol. The van der Waals surface area contributed by atoms with Gasteiger partial charge in [0.15, 0.2) is 0 Å². The zero-order valence-electron chi connectivity index (χ0n) is 15.6. The highest BCUT2D eigenvalue weighted by molar-refractivity contribution is 7.87. The number of aromatic nitrogens is 2. The van der Waals surface area contributed by atoms with Gasteiger partial charge in [0.25, 0.3) is 10.2 Å². The molecule has 0 atom stereocenters. The second kappa shape index (κ2) is 7.59. The first-order chi connectivity index (χ1) is 13.0. The predicted octanol–water partition coefficient (Wildman–Crippen LogP) is 1.42. The SMILES string of the molecule is CNS(=O)(=O)N1CCc2sc3ncnc(O[C@H]4CC[C@H](NC)CC4)c3c2C1. The quantitative estimate of drug-likeness (QED) is 0.773. The maximum absolute atomic E-state index is 12.2. The number of nitrogens with zero attached hydrogens (tertiary/aromatic N) is 3. The lowest BCUT2D eigenvalue weighted by Gasteiger charge is -2.29. The Balaban J connectivity index is 1.63. The van der Waals surface area contributed by atoms with E-state index in [4.69, 9.17) is 4.74 Å². The average molecular weight is 412 g/mol. The van der Waals surface area contributed by atoms with Crippen molar-refractivity contribution in [1.29, 1.82) is 0 Å². The van der Waals surface area contributed by atoms with Crippen LogP contribution in [0.25, 0.3) is 10.2 Å². The van der Waals surface area contributed by atoms with E-state index in [9.17, 15) is 8.42 Å². The van der Waals surface area contributed by atoms with E-state index in [0.717, 1.165) is 41.5 Å². The molecule has 1 saturated carbocycles. The molecule has 0 unspecified atom stereocenters. The Morgan fingerprint density at radius 1 is 1.22 bits per heavy atom. The summed E-state index contributed by atoms with van der Waals surface area (Å²) in [6.07, 6.45) is 6.53. The molecule has 0 saturated heterocycles. The fourth-order valence-corrected chi connectivity index (χ4v) is 5.93. The highest BCUT2D eigenvalue weighted by atomic mass is 32.2. The van der Waals surface area contributed by atoms with Gasteiger partial charge in [-0.1, -0.05) is 0 Å². The van der Waals surface area contributed by atoms with Crippen molar-refractivity contribution in [3.8, 4) is 5.88 Å². The molecule has 4 rings (SSSR count). The largest absolute Gasteiger partial charge is 0.474 e. The van der Waals surface area contributed by atoms with Crippen molar-refractivity contribution in [2.24, 2.45) is 0 Å². The van der Waals surface area contributed by atoms with Crippen LogP contribution < -0.4 is 14.8 Å². The summed E-state index contributed by atoms with van der Waals surface area (Å²) in [4.78, 5) is 10.9. The van der Waals surface area contributed by atoms with Crippen molar-refractivity contribution in [2.75, 3.05) is 20.6 Å². The van der Waals surface area contributed by atoms with Crippen LogP contribution in [0.1, 0.15) is 36.1 Å². The van der Waals surface area contributed by atoms with Crippen LogP contribution in [0.15, 0.2) is 6.33 Å². The maximum Gasteiger partial charge on any atom is 0.279 e. The Kier molecular flexibility index (Phi) is 5.34. The molecule has 10 heteroatoms. The summed E-state index contributed by atoms with van der Waals surface area (Å²) in [5.74, 6) is 0.592. The first kappa shape index (κ1) is 19.0. The molecule has 2 aromatic rings. The van der Waals surface area contributed by atoms with Crippen LogP contribution in [-0.2, 0) is 23.2 Å². The van der Waals surface area contributed by atoms with Crippen LogP contribution in [-0.4, -0.2) is 55.5 Å². The van der Waals surface area contributed by atoms with Crippen molar-refractivity contribution in [3.63, 3.8) is 0 Å². The van der Waals surface area contributed by atoms with E-state index in [-0.39, 0.29) is 6.10 Å². The number of hydrogen-bond donors (Lipinski definition) is 2. The van der Waals surface area contributed by atoms with Crippen LogP contribution in [0.4, 0.5) is 0 Å². The standard InChI is InChI=1S/C17H25N5O3S2/c1-18-11-3-5-12(6-4-11)25-16-15-13-9-22(27(23,24)19-2)8-7-14(13)26-17(15)21-10-20-16/h10-12,18-19H,3-9H2,1-2H3/t11-,12-. The third kappa shape index (κ3) is 3.68. The molecule has 0 spiro atoms. The Labute approximate surface area is 163 Å². The third-order valence-electron chi connectivity index (χ3n) is 5.52. The van der Waals surface area contributed by atoms with Gasteiger partial charge in [0.05, 0.1) is 5.39 Å². The molecule has 1 aliphatic heterocycles. The minimum atomic E-state index is -3.46. The maximum atomic E-state index is 12.2. The Bertz CT molecular complexity index is 922. The average Bonchev–Trinajstić information content (AvgIpc) is 3.07. The number of hydrogen-bond acceptors (Lipinski definition) is 7. The van der Waals surface area contributed by atoms with Crippen molar-refractivity contribution in [1.82, 2.24) is 24.3 Å². The summed E-state index contributed by atoms with van der Waals surface area (Å²) in [7, 11) is -0.0176. The summed E-state index contributed by atoms with van der Waals surface area (Å²) < 4.78 is 34.6. The molecule has 0 amide bonds. The Morgan fingerprint density at radius 2 is 2.00 bits per heavy atom. The lowest BCUT2D eigenvalue weighted by molar-refractivity contribution is 0.137. The van der Waals surface area contributed by atoms with E-state index < -0.39 is 10.2 Å². The number of rotatable bonds is 5. The van der Waals surface area contributed by atoms with Gasteiger partial charge >= 0.3 is 0 Å². The normalized spacial score (nSPS) is 24.1. The van der Waals surface area contributed by atoms with Gasteiger partial charge in [-0.3, -0.25) is 0 Å². The lowest BCUT2D eigenvalue weighted by Crippen LogP contribution is -2.41. The van der Waals surface area contributed by atoms with Gasteiger partial charge in [-0.2, -0.15) is 12.7 Å². The summed E-state index contributed by atoms with van der Waals surface area (Å²) in [5.41, 5.74) is 0.986. The molecule has 2 aliphatic rings. The Hall–Kier alpha value is -1.33. The molecule has 148 valence electrons. The van der Waals surface area contributed by atoms with E-state index in [0.29, 0.717) is 31.4 Å². The smallest absolute Gasteiger partial charge is 0.279 e. The topological polar surface area (TPSA) is 96.5 Å². The van der Waals surface area contributed by atoms with E-state index in [2.05, 4.69) is 20.0 Å². The van der Waals surface area contributed by atoms with Crippen molar-refractivity contribution in [3.05, 3.63) is 16.8 Å². The lowest BCUT2D eigenvalue weighted by atomic mass is 9.93. The van der Waals surface area contributed by atoms with Crippen LogP contribution >= 0.6 is 11.3 Å². The second-order valence-corrected chi connectivity index (χ2v) is 9.99. The van der Waals surface area contributed by atoms with Gasteiger partial charge in [0, 0.05) is 31.1 Å². The van der Waals surface area contributed by atoms with Crippen LogP contribution in [0, 0.1) is 0 Å². The second-order valence-electron chi connectivity index (χ2n) is 7.04. The fraction of sp³-hybridized carbons (Fsp3) is 0.647. The number of nitrogens with one attached hydrogen (secondary N) is 2. The first-order valence-electron chi connectivity index (χ1n) is 9.29. The van der Waals surface area contributed by atoms with Crippen molar-refractivity contribution >= 4 is 31.8 Å². The van der Waals surface area contributed by atoms with Gasteiger partial charge in [0.2, 0.25) is 5.88 Å². The highest BCUT2D eigenvalue weighted by Crippen LogP contribution is 2.39. The van der Waals surface area contributed by atoms with Crippen LogP contribution in [0.3, 0.4) is 0 Å². The van der Waals surface area contributed by atoms with Gasteiger partial charge in [-0.25, -0.2) is 14.7 Å². The zero-order chi connectivity index (χ0) is 19.0. The van der Waals surface area contributed by atoms with Crippen molar-refractivity contribution < 1.29 is 13.2 Å². The van der Waals surface area contributed by atoms with E-state index in [1.165, 1.54) is 16.2 Å². The molecule has 27 heavy (non-hydrogen) atoms. The summed E-state index contributed by atoms with van der Waals surface area (Å²) in [5, 5.41) is 4.21. The van der Waals surface area contributed by atoms with E-state index >= 15 is 0 Å². The Morgan fingerprint density at radius 3 is 2.70 bits per heavy atom. The van der Waals surface area contributed by atoms with Gasteiger partial charge in [-0.05, 0) is 44.7 Å². The van der Waals surface area contributed by atoms with E-state index in [1.54, 1.807) is 17.7 Å². The molecule has 2 N–H and O–H groups in total. The minimum Gasteiger partial charge on any atom is -0.474 e. The van der Waals surface area contributed by atoms with Crippen molar-refractivity contribution in [2.45, 2.75) is 50.8 Å². The van der Waals surface area contributed by atoms with Gasteiger partial charge in [-0.15, -0.1) is 11.3 Å². The molecule has 0 aromatic carbocycles. The molecule has 1 aliphatic carbocycles. The summed E-state index contributed by atoms with van der Waals surface area (Å²) >= 11 is 1.62. The number of ether oxygens (including phenoxy) is 1. The molecule has 0 bridgehead atoms. The van der Waals surface area contributed by atoms with Gasteiger partial charge < -0.3 is 10.1 Å². The molecule has 0 radical (unpaired) electrons. The highest BCUT2D eigenvalue weighted by Gasteiger charge is 2.31. The summed E-state index contributed by atoms with van der Waals surface area (Å²) in [6.45, 7) is 0.801. The van der Waals surface area contributed by atoms with E-state index in [1.807, 2.05) is 7.05 Å². The molecular formula is C17H25N5O3S2. The third-order valence-corrected chi connectivity index (χ3v) is 8.22.